The Bertz CT molecular complexity index is 1000. The van der Waals surface area contributed by atoms with Crippen molar-refractivity contribution >= 4 is 21.6 Å². The average Bonchev–Trinajstić information content (AvgIpc) is 3.25. The van der Waals surface area contributed by atoms with E-state index in [0.29, 0.717) is 49.8 Å². The molecule has 2 aromatic carbocycles. The minimum atomic E-state index is -3.83. The van der Waals surface area contributed by atoms with Crippen LogP contribution in [0.3, 0.4) is 0 Å². The lowest BCUT2D eigenvalue weighted by Gasteiger charge is -2.24. The van der Waals surface area contributed by atoms with Crippen LogP contribution < -0.4 is 14.8 Å². The lowest BCUT2D eigenvalue weighted by atomic mass is 10.1. The van der Waals surface area contributed by atoms with Gasteiger partial charge in [0.05, 0.1) is 4.90 Å². The summed E-state index contributed by atoms with van der Waals surface area (Å²) in [6.45, 7) is 3.19. The van der Waals surface area contributed by atoms with Crippen molar-refractivity contribution in [1.29, 1.82) is 0 Å². The first-order valence-corrected chi connectivity index (χ1v) is 11.2. The molecule has 2 heterocycles. The molecular formula is C21H24N2O5S. The van der Waals surface area contributed by atoms with Crippen molar-refractivity contribution in [1.82, 2.24) is 4.31 Å². The molecule has 2 aliphatic heterocycles. The third-order valence-electron chi connectivity index (χ3n) is 5.26. The highest BCUT2D eigenvalue weighted by Gasteiger charge is 2.39. The Morgan fingerprint density at radius 1 is 1.10 bits per heavy atom. The van der Waals surface area contributed by atoms with Gasteiger partial charge < -0.3 is 14.8 Å². The normalized spacial score (nSPS) is 19.1. The van der Waals surface area contributed by atoms with E-state index in [1.54, 1.807) is 6.07 Å². The standard InChI is InChI=1S/C21H24N2O5S/c1-2-15-5-7-16(8-6-15)22-21(24)18-4-3-11-23(18)29(25,26)17-9-10-19-20(14-17)28-13-12-27-19/h5-10,14,18H,2-4,11-13H2,1H3,(H,22,24). The van der Waals surface area contributed by atoms with Crippen molar-refractivity contribution < 1.29 is 22.7 Å². The number of rotatable bonds is 5. The molecule has 0 spiro atoms. The highest BCUT2D eigenvalue weighted by Crippen LogP contribution is 2.35. The monoisotopic (exact) mass is 416 g/mol. The number of amides is 1. The Morgan fingerprint density at radius 2 is 1.83 bits per heavy atom. The van der Waals surface area contributed by atoms with E-state index in [1.165, 1.54) is 22.0 Å². The molecule has 0 saturated carbocycles. The van der Waals surface area contributed by atoms with Gasteiger partial charge in [-0.1, -0.05) is 19.1 Å². The summed E-state index contributed by atoms with van der Waals surface area (Å²) >= 11 is 0. The largest absolute Gasteiger partial charge is 0.486 e. The molecule has 8 heteroatoms. The number of hydrogen-bond acceptors (Lipinski definition) is 5. The highest BCUT2D eigenvalue weighted by atomic mass is 32.2. The maximum atomic E-state index is 13.2. The van der Waals surface area contributed by atoms with Crippen LogP contribution in [0.5, 0.6) is 11.5 Å². The summed E-state index contributed by atoms with van der Waals surface area (Å²) in [6.07, 6.45) is 2.04. The first-order valence-electron chi connectivity index (χ1n) is 9.80. The highest BCUT2D eigenvalue weighted by molar-refractivity contribution is 7.89. The minimum absolute atomic E-state index is 0.105. The number of ether oxygens (including phenoxy) is 2. The molecule has 1 N–H and O–H groups in total. The van der Waals surface area contributed by atoms with Crippen LogP contribution in [0.4, 0.5) is 5.69 Å². The van der Waals surface area contributed by atoms with Crippen molar-refractivity contribution in [3.8, 4) is 11.5 Å². The van der Waals surface area contributed by atoms with E-state index in [4.69, 9.17) is 9.47 Å². The molecule has 1 atom stereocenters. The number of nitrogens with one attached hydrogen (secondary N) is 1. The molecule has 1 fully saturated rings. The summed E-state index contributed by atoms with van der Waals surface area (Å²) in [5, 5.41) is 2.85. The number of carbonyl (C=O) groups is 1. The van der Waals surface area contributed by atoms with Gasteiger partial charge >= 0.3 is 0 Å². The van der Waals surface area contributed by atoms with Gasteiger partial charge in [-0.2, -0.15) is 4.31 Å². The molecule has 1 amide bonds. The number of carbonyl (C=O) groups excluding carboxylic acids is 1. The molecule has 1 unspecified atom stereocenters. The Labute approximate surface area is 170 Å². The molecule has 4 rings (SSSR count). The second kappa shape index (κ2) is 8.04. The van der Waals surface area contributed by atoms with Gasteiger partial charge in [0.1, 0.15) is 19.3 Å². The summed E-state index contributed by atoms with van der Waals surface area (Å²) < 4.78 is 38.7. The van der Waals surface area contributed by atoms with Crippen molar-refractivity contribution in [3.63, 3.8) is 0 Å². The molecule has 7 nitrogen and oxygen atoms in total. The van der Waals surface area contributed by atoms with Crippen LogP contribution in [-0.4, -0.2) is 44.4 Å². The van der Waals surface area contributed by atoms with E-state index in [-0.39, 0.29) is 10.8 Å². The number of benzene rings is 2. The van der Waals surface area contributed by atoms with Gasteiger partial charge in [-0.25, -0.2) is 8.42 Å². The number of hydrogen-bond donors (Lipinski definition) is 1. The van der Waals surface area contributed by atoms with E-state index in [9.17, 15) is 13.2 Å². The Morgan fingerprint density at radius 3 is 2.55 bits per heavy atom. The van der Waals surface area contributed by atoms with Crippen LogP contribution in [0.15, 0.2) is 47.4 Å². The molecule has 0 bridgehead atoms. The summed E-state index contributed by atoms with van der Waals surface area (Å²) in [5.41, 5.74) is 1.84. The van der Waals surface area contributed by atoms with Gasteiger partial charge in [-0.05, 0) is 49.1 Å². The van der Waals surface area contributed by atoms with Crippen LogP contribution >= 0.6 is 0 Å². The molecule has 154 valence electrons. The van der Waals surface area contributed by atoms with E-state index < -0.39 is 16.1 Å². The van der Waals surface area contributed by atoms with Crippen LogP contribution in [0.25, 0.3) is 0 Å². The van der Waals surface area contributed by atoms with Crippen LogP contribution in [0.2, 0.25) is 0 Å². The lowest BCUT2D eigenvalue weighted by Crippen LogP contribution is -2.43. The number of anilines is 1. The van der Waals surface area contributed by atoms with E-state index in [2.05, 4.69) is 12.2 Å². The predicted molar refractivity (Wildman–Crippen MR) is 109 cm³/mol. The van der Waals surface area contributed by atoms with E-state index in [1.807, 2.05) is 24.3 Å². The van der Waals surface area contributed by atoms with Gasteiger partial charge in [0.25, 0.3) is 0 Å². The van der Waals surface area contributed by atoms with Gasteiger partial charge in [0.15, 0.2) is 11.5 Å². The SMILES string of the molecule is CCc1ccc(NC(=O)C2CCCN2S(=O)(=O)c2ccc3c(c2)OCCO3)cc1. The number of aryl methyl sites for hydroxylation is 1. The van der Waals surface area contributed by atoms with E-state index >= 15 is 0 Å². The van der Waals surface area contributed by atoms with Crippen LogP contribution in [0.1, 0.15) is 25.3 Å². The number of nitrogens with zero attached hydrogens (tertiary/aromatic N) is 1. The minimum Gasteiger partial charge on any atom is -0.486 e. The zero-order valence-corrected chi connectivity index (χ0v) is 17.1. The molecule has 0 aliphatic carbocycles. The number of sulfonamides is 1. The van der Waals surface area contributed by atoms with Crippen molar-refractivity contribution in [2.75, 3.05) is 25.1 Å². The maximum absolute atomic E-state index is 13.2. The van der Waals surface area contributed by atoms with Crippen molar-refractivity contribution in [2.24, 2.45) is 0 Å². The predicted octanol–water partition coefficient (Wildman–Crippen LogP) is 2.81. The Balaban J connectivity index is 1.54. The Hall–Kier alpha value is -2.58. The zero-order valence-electron chi connectivity index (χ0n) is 16.3. The van der Waals surface area contributed by atoms with Gasteiger partial charge in [-0.15, -0.1) is 0 Å². The first-order chi connectivity index (χ1) is 14.0. The summed E-state index contributed by atoms with van der Waals surface area (Å²) in [4.78, 5) is 12.9. The topological polar surface area (TPSA) is 84.9 Å². The fourth-order valence-corrected chi connectivity index (χ4v) is 5.33. The van der Waals surface area contributed by atoms with Crippen LogP contribution in [0, 0.1) is 0 Å². The molecule has 0 aromatic heterocycles. The third-order valence-corrected chi connectivity index (χ3v) is 7.16. The number of fused-ring (bicyclic) bond motifs is 1. The van der Waals surface area contributed by atoms with Gasteiger partial charge in [0, 0.05) is 18.3 Å². The van der Waals surface area contributed by atoms with Crippen molar-refractivity contribution in [2.45, 2.75) is 37.1 Å². The lowest BCUT2D eigenvalue weighted by molar-refractivity contribution is -0.119. The molecular weight excluding hydrogens is 392 g/mol. The average molecular weight is 416 g/mol. The van der Waals surface area contributed by atoms with Gasteiger partial charge in [-0.3, -0.25) is 4.79 Å². The smallest absolute Gasteiger partial charge is 0.243 e. The summed E-state index contributed by atoms with van der Waals surface area (Å²) in [5.74, 6) is 0.628. The molecule has 0 radical (unpaired) electrons. The van der Waals surface area contributed by atoms with Crippen LogP contribution in [-0.2, 0) is 21.2 Å². The first kappa shape index (κ1) is 19.7. The molecule has 29 heavy (non-hydrogen) atoms. The molecule has 1 saturated heterocycles. The maximum Gasteiger partial charge on any atom is 0.243 e. The van der Waals surface area contributed by atoms with Gasteiger partial charge in [0.2, 0.25) is 15.9 Å². The molecule has 2 aromatic rings. The van der Waals surface area contributed by atoms with E-state index in [0.717, 1.165) is 6.42 Å². The second-order valence-electron chi connectivity index (χ2n) is 7.12. The van der Waals surface area contributed by atoms with Crippen molar-refractivity contribution in [3.05, 3.63) is 48.0 Å². The zero-order chi connectivity index (χ0) is 20.4. The third kappa shape index (κ3) is 3.95. The Kier molecular flexibility index (Phi) is 5.47. The fourth-order valence-electron chi connectivity index (χ4n) is 3.66. The fraction of sp³-hybridized carbons (Fsp3) is 0.381. The second-order valence-corrected chi connectivity index (χ2v) is 9.01. The molecule has 2 aliphatic rings. The summed E-state index contributed by atoms with van der Waals surface area (Å²) in [6, 6.07) is 11.4. The quantitative estimate of drug-likeness (QED) is 0.810. The summed E-state index contributed by atoms with van der Waals surface area (Å²) in [7, 11) is -3.83.